The van der Waals surface area contributed by atoms with Gasteiger partial charge in [0, 0.05) is 35.3 Å². The summed E-state index contributed by atoms with van der Waals surface area (Å²) in [6.45, 7) is 6.60. The normalized spacial score (nSPS) is 11.3. The molecule has 29 heavy (non-hydrogen) atoms. The maximum atomic E-state index is 12.8. The summed E-state index contributed by atoms with van der Waals surface area (Å²) < 4.78 is 0. The molecule has 150 valence electrons. The standard InChI is InChI=1S/C22H22ClN3O3/c1-22(2,3)12-25-20(28)14-7-8-17(23)18(9-14)26-21(29)15-6-4-5-13-10-19(27)24-11-16(13)15/h4-11H,12H2,1-3H3,(H,24,27)(H,25,28)(H,26,29). The maximum Gasteiger partial charge on any atom is 0.256 e. The highest BCUT2D eigenvalue weighted by Gasteiger charge is 2.16. The quantitative estimate of drug-likeness (QED) is 0.600. The van der Waals surface area contributed by atoms with Gasteiger partial charge in [0.25, 0.3) is 11.8 Å². The summed E-state index contributed by atoms with van der Waals surface area (Å²) in [6, 6.07) is 11.3. The van der Waals surface area contributed by atoms with Gasteiger partial charge in [0.05, 0.1) is 10.7 Å². The van der Waals surface area contributed by atoms with Gasteiger partial charge in [0.1, 0.15) is 0 Å². The number of rotatable bonds is 4. The third-order valence-corrected chi connectivity index (χ3v) is 4.62. The van der Waals surface area contributed by atoms with E-state index in [0.717, 1.165) is 0 Å². The zero-order valence-electron chi connectivity index (χ0n) is 16.4. The molecule has 6 nitrogen and oxygen atoms in total. The first kappa shape index (κ1) is 20.6. The zero-order valence-corrected chi connectivity index (χ0v) is 17.2. The number of aromatic amines is 1. The summed E-state index contributed by atoms with van der Waals surface area (Å²) in [6.07, 6.45) is 1.50. The summed E-state index contributed by atoms with van der Waals surface area (Å²) in [7, 11) is 0. The van der Waals surface area contributed by atoms with Gasteiger partial charge in [-0.15, -0.1) is 0 Å². The van der Waals surface area contributed by atoms with Crippen molar-refractivity contribution in [3.05, 3.63) is 75.2 Å². The summed E-state index contributed by atoms with van der Waals surface area (Å²) in [5.74, 6) is -0.633. The van der Waals surface area contributed by atoms with Gasteiger partial charge in [-0.1, -0.05) is 44.5 Å². The van der Waals surface area contributed by atoms with Crippen LogP contribution >= 0.6 is 11.6 Å². The van der Waals surface area contributed by atoms with E-state index < -0.39 is 5.91 Å². The second-order valence-corrected chi connectivity index (χ2v) is 8.41. The first-order valence-corrected chi connectivity index (χ1v) is 9.52. The molecule has 0 bridgehead atoms. The second kappa shape index (κ2) is 8.09. The molecule has 2 aromatic carbocycles. The van der Waals surface area contributed by atoms with Crippen molar-refractivity contribution in [2.75, 3.05) is 11.9 Å². The summed E-state index contributed by atoms with van der Waals surface area (Å²) >= 11 is 6.23. The lowest BCUT2D eigenvalue weighted by atomic mass is 9.97. The van der Waals surface area contributed by atoms with E-state index in [1.807, 2.05) is 20.8 Å². The van der Waals surface area contributed by atoms with Crippen molar-refractivity contribution in [1.82, 2.24) is 10.3 Å². The van der Waals surface area contributed by atoms with Gasteiger partial charge < -0.3 is 15.6 Å². The number of benzene rings is 2. The van der Waals surface area contributed by atoms with Gasteiger partial charge in [0.15, 0.2) is 0 Å². The number of hydrogen-bond donors (Lipinski definition) is 3. The minimum absolute atomic E-state index is 0.0472. The molecule has 7 heteroatoms. The summed E-state index contributed by atoms with van der Waals surface area (Å²) in [4.78, 5) is 39.3. The minimum atomic E-state index is -0.392. The van der Waals surface area contributed by atoms with Crippen LogP contribution in [0.1, 0.15) is 41.5 Å². The van der Waals surface area contributed by atoms with Crippen LogP contribution in [0.25, 0.3) is 10.8 Å². The number of nitrogens with one attached hydrogen (secondary N) is 3. The van der Waals surface area contributed by atoms with Gasteiger partial charge in [0.2, 0.25) is 5.56 Å². The van der Waals surface area contributed by atoms with E-state index in [4.69, 9.17) is 11.6 Å². The monoisotopic (exact) mass is 411 g/mol. The first-order valence-electron chi connectivity index (χ1n) is 9.15. The fourth-order valence-electron chi connectivity index (χ4n) is 2.79. The number of carbonyl (C=O) groups is 2. The number of halogens is 1. The molecule has 2 amide bonds. The molecule has 0 spiro atoms. The Morgan fingerprint density at radius 3 is 2.55 bits per heavy atom. The lowest BCUT2D eigenvalue weighted by Gasteiger charge is -2.19. The van der Waals surface area contributed by atoms with Crippen molar-refractivity contribution < 1.29 is 9.59 Å². The molecule has 0 saturated heterocycles. The van der Waals surface area contributed by atoms with Crippen LogP contribution in [-0.2, 0) is 0 Å². The van der Waals surface area contributed by atoms with Crippen LogP contribution in [0, 0.1) is 5.41 Å². The van der Waals surface area contributed by atoms with Crippen LogP contribution in [0.3, 0.4) is 0 Å². The van der Waals surface area contributed by atoms with Gasteiger partial charge in [-0.05, 0) is 35.1 Å². The minimum Gasteiger partial charge on any atom is -0.352 e. The third-order valence-electron chi connectivity index (χ3n) is 4.29. The van der Waals surface area contributed by atoms with E-state index >= 15 is 0 Å². The van der Waals surface area contributed by atoms with Crippen molar-refractivity contribution in [1.29, 1.82) is 0 Å². The predicted molar refractivity (Wildman–Crippen MR) is 116 cm³/mol. The van der Waals surface area contributed by atoms with Gasteiger partial charge >= 0.3 is 0 Å². The Morgan fingerprint density at radius 2 is 1.83 bits per heavy atom. The summed E-state index contributed by atoms with van der Waals surface area (Å²) in [5, 5.41) is 7.21. The van der Waals surface area contributed by atoms with Crippen LogP contribution < -0.4 is 16.2 Å². The molecule has 0 atom stereocenters. The average Bonchev–Trinajstić information content (AvgIpc) is 2.66. The highest BCUT2D eigenvalue weighted by atomic mass is 35.5. The van der Waals surface area contributed by atoms with Crippen LogP contribution in [-0.4, -0.2) is 23.3 Å². The van der Waals surface area contributed by atoms with Crippen LogP contribution in [0.2, 0.25) is 5.02 Å². The Labute approximate surface area is 173 Å². The molecule has 0 radical (unpaired) electrons. The van der Waals surface area contributed by atoms with E-state index in [1.54, 1.807) is 36.4 Å². The molecule has 0 unspecified atom stereocenters. The van der Waals surface area contributed by atoms with Crippen molar-refractivity contribution >= 4 is 39.9 Å². The number of pyridine rings is 1. The molecular weight excluding hydrogens is 390 g/mol. The molecule has 0 aliphatic heterocycles. The number of fused-ring (bicyclic) bond motifs is 1. The Kier molecular flexibility index (Phi) is 5.75. The molecule has 0 saturated carbocycles. The molecule has 1 aromatic heterocycles. The molecule has 3 rings (SSSR count). The number of hydrogen-bond acceptors (Lipinski definition) is 3. The van der Waals surface area contributed by atoms with Gasteiger partial charge in [-0.2, -0.15) is 0 Å². The third kappa shape index (κ3) is 5.03. The molecule has 3 N–H and O–H groups in total. The molecular formula is C22H22ClN3O3. The Bertz CT molecular complexity index is 1150. The lowest BCUT2D eigenvalue weighted by Crippen LogP contribution is -2.32. The summed E-state index contributed by atoms with van der Waals surface area (Å²) in [5.41, 5.74) is 0.830. The molecule has 0 aliphatic rings. The fraction of sp³-hybridized carbons (Fsp3) is 0.227. The molecule has 1 heterocycles. The molecule has 0 aliphatic carbocycles. The van der Waals surface area contributed by atoms with Crippen LogP contribution in [0.15, 0.2) is 53.5 Å². The Hall–Kier alpha value is -3.12. The molecule has 0 fully saturated rings. The number of H-pyrrole nitrogens is 1. The maximum absolute atomic E-state index is 12.8. The van der Waals surface area contributed by atoms with Crippen molar-refractivity contribution in [3.8, 4) is 0 Å². The van der Waals surface area contributed by atoms with Crippen LogP contribution in [0.4, 0.5) is 5.69 Å². The van der Waals surface area contributed by atoms with E-state index in [-0.39, 0.29) is 16.9 Å². The number of amides is 2. The van der Waals surface area contributed by atoms with Gasteiger partial charge in [-0.3, -0.25) is 14.4 Å². The topological polar surface area (TPSA) is 91.1 Å². The fourth-order valence-corrected chi connectivity index (χ4v) is 2.96. The number of carbonyl (C=O) groups excluding carboxylic acids is 2. The lowest BCUT2D eigenvalue weighted by molar-refractivity contribution is 0.0938. The predicted octanol–water partition coefficient (Wildman–Crippen LogP) is 4.21. The molecule has 3 aromatic rings. The Morgan fingerprint density at radius 1 is 1.07 bits per heavy atom. The largest absolute Gasteiger partial charge is 0.352 e. The smallest absolute Gasteiger partial charge is 0.256 e. The van der Waals surface area contributed by atoms with Gasteiger partial charge in [-0.25, -0.2) is 0 Å². The van der Waals surface area contributed by atoms with Crippen molar-refractivity contribution in [2.24, 2.45) is 5.41 Å². The second-order valence-electron chi connectivity index (χ2n) is 8.00. The average molecular weight is 412 g/mol. The van der Waals surface area contributed by atoms with E-state index in [0.29, 0.717) is 39.2 Å². The van der Waals surface area contributed by atoms with E-state index in [9.17, 15) is 14.4 Å². The number of aromatic nitrogens is 1. The zero-order chi connectivity index (χ0) is 21.2. The first-order chi connectivity index (χ1) is 13.6. The highest BCUT2D eigenvalue weighted by molar-refractivity contribution is 6.34. The SMILES string of the molecule is CC(C)(C)CNC(=O)c1ccc(Cl)c(NC(=O)c2cccc3cc(=O)[nH]cc23)c1. The highest BCUT2D eigenvalue weighted by Crippen LogP contribution is 2.25. The number of anilines is 1. The van der Waals surface area contributed by atoms with E-state index in [1.165, 1.54) is 12.3 Å². The van der Waals surface area contributed by atoms with Crippen molar-refractivity contribution in [3.63, 3.8) is 0 Å². The Balaban J connectivity index is 1.86. The van der Waals surface area contributed by atoms with Crippen LogP contribution in [0.5, 0.6) is 0 Å². The van der Waals surface area contributed by atoms with Crippen molar-refractivity contribution in [2.45, 2.75) is 20.8 Å². The van der Waals surface area contributed by atoms with E-state index in [2.05, 4.69) is 15.6 Å².